The summed E-state index contributed by atoms with van der Waals surface area (Å²) in [5, 5.41) is 7.34. The molecule has 1 aromatic heterocycles. The summed E-state index contributed by atoms with van der Waals surface area (Å²) in [6.45, 7) is 3.28. The molecule has 0 amide bonds. The van der Waals surface area contributed by atoms with Gasteiger partial charge in [0.15, 0.2) is 0 Å². The number of aromatic amines is 1. The van der Waals surface area contributed by atoms with Gasteiger partial charge in [-0.1, -0.05) is 0 Å². The number of fused-ring (bicyclic) bond motifs is 1. The molecule has 3 N–H and O–H groups in total. The number of nitrogens with zero attached hydrogens (tertiary/aromatic N) is 2. The van der Waals surface area contributed by atoms with Gasteiger partial charge in [0.05, 0.1) is 6.20 Å². The Bertz CT molecular complexity index is 354. The van der Waals surface area contributed by atoms with Crippen LogP contribution in [-0.2, 0) is 6.42 Å². The van der Waals surface area contributed by atoms with E-state index in [4.69, 9.17) is 5.73 Å². The Morgan fingerprint density at radius 3 is 3.00 bits per heavy atom. The van der Waals surface area contributed by atoms with Gasteiger partial charge in [0, 0.05) is 17.3 Å². The van der Waals surface area contributed by atoms with E-state index in [0.29, 0.717) is 12.0 Å². The van der Waals surface area contributed by atoms with Crippen LogP contribution in [0.15, 0.2) is 6.20 Å². The Kier molecular flexibility index (Phi) is 2.69. The first-order chi connectivity index (χ1) is 7.88. The molecule has 0 aromatic carbocycles. The first kappa shape index (κ1) is 10.3. The number of hydrogen-bond acceptors (Lipinski definition) is 3. The summed E-state index contributed by atoms with van der Waals surface area (Å²) in [4.78, 5) is 2.61. The molecular formula is C12H20N4. The van der Waals surface area contributed by atoms with Gasteiger partial charge >= 0.3 is 0 Å². The molecule has 2 aliphatic rings. The average Bonchev–Trinajstić information content (AvgIpc) is 2.98. The Hall–Kier alpha value is -0.870. The van der Waals surface area contributed by atoms with E-state index in [1.165, 1.54) is 43.6 Å². The van der Waals surface area contributed by atoms with Crippen LogP contribution in [0, 0.1) is 5.92 Å². The molecule has 0 bridgehead atoms. The van der Waals surface area contributed by atoms with Gasteiger partial charge in [0.1, 0.15) is 0 Å². The van der Waals surface area contributed by atoms with Gasteiger partial charge in [0.25, 0.3) is 0 Å². The lowest BCUT2D eigenvalue weighted by molar-refractivity contribution is 0.195. The molecule has 2 unspecified atom stereocenters. The zero-order valence-electron chi connectivity index (χ0n) is 9.65. The first-order valence-electron chi connectivity index (χ1n) is 6.34. The Morgan fingerprint density at radius 2 is 2.25 bits per heavy atom. The van der Waals surface area contributed by atoms with Crippen molar-refractivity contribution in [3.8, 4) is 0 Å². The van der Waals surface area contributed by atoms with Gasteiger partial charge in [-0.05, 0) is 51.2 Å². The van der Waals surface area contributed by atoms with Crippen LogP contribution in [0.1, 0.15) is 36.6 Å². The zero-order valence-corrected chi connectivity index (χ0v) is 9.65. The SMILES string of the molecule is NCC1Cc2[nH]ncc2C(N2CCCC2)C1. The largest absolute Gasteiger partial charge is 0.330 e. The standard InChI is InChI=1S/C12H20N4/c13-7-9-5-11-10(8-14-15-11)12(6-9)16-3-1-2-4-16/h8-9,12H,1-7,13H2,(H,14,15). The maximum atomic E-state index is 5.84. The van der Waals surface area contributed by atoms with E-state index in [1.807, 2.05) is 6.20 Å². The highest BCUT2D eigenvalue weighted by molar-refractivity contribution is 5.25. The van der Waals surface area contributed by atoms with Crippen LogP contribution in [0.4, 0.5) is 0 Å². The fourth-order valence-electron chi connectivity index (χ4n) is 3.17. The van der Waals surface area contributed by atoms with Crippen LogP contribution in [0.25, 0.3) is 0 Å². The third-order valence-corrected chi connectivity index (χ3v) is 4.07. The van der Waals surface area contributed by atoms with Gasteiger partial charge in [-0.2, -0.15) is 5.10 Å². The Morgan fingerprint density at radius 1 is 1.44 bits per heavy atom. The van der Waals surface area contributed by atoms with Gasteiger partial charge in [-0.25, -0.2) is 0 Å². The van der Waals surface area contributed by atoms with Crippen LogP contribution in [0.5, 0.6) is 0 Å². The molecule has 0 spiro atoms. The number of rotatable bonds is 2. The van der Waals surface area contributed by atoms with Gasteiger partial charge < -0.3 is 5.73 Å². The van der Waals surface area contributed by atoms with Crippen molar-refractivity contribution in [3.63, 3.8) is 0 Å². The van der Waals surface area contributed by atoms with Crippen LogP contribution in [0.3, 0.4) is 0 Å². The molecule has 1 aliphatic carbocycles. The molecule has 4 heteroatoms. The van der Waals surface area contributed by atoms with Crippen LogP contribution in [0.2, 0.25) is 0 Å². The summed E-state index contributed by atoms with van der Waals surface area (Å²) in [6, 6.07) is 0.568. The molecule has 0 radical (unpaired) electrons. The van der Waals surface area contributed by atoms with Gasteiger partial charge in [-0.3, -0.25) is 10.00 Å². The number of nitrogens with two attached hydrogens (primary N) is 1. The third-order valence-electron chi connectivity index (χ3n) is 4.07. The monoisotopic (exact) mass is 220 g/mol. The molecule has 1 fully saturated rings. The molecule has 1 aliphatic heterocycles. The lowest BCUT2D eigenvalue weighted by Crippen LogP contribution is -2.33. The predicted molar refractivity (Wildman–Crippen MR) is 63.0 cm³/mol. The average molecular weight is 220 g/mol. The van der Waals surface area contributed by atoms with E-state index in [1.54, 1.807) is 0 Å². The molecular weight excluding hydrogens is 200 g/mol. The van der Waals surface area contributed by atoms with E-state index in [2.05, 4.69) is 15.1 Å². The number of hydrogen-bond donors (Lipinski definition) is 2. The van der Waals surface area contributed by atoms with Crippen molar-refractivity contribution in [3.05, 3.63) is 17.5 Å². The van der Waals surface area contributed by atoms with Crippen molar-refractivity contribution in [2.45, 2.75) is 31.7 Å². The lowest BCUT2D eigenvalue weighted by atomic mass is 9.84. The van der Waals surface area contributed by atoms with Crippen molar-refractivity contribution in [2.75, 3.05) is 19.6 Å². The smallest absolute Gasteiger partial charge is 0.0538 e. The molecule has 3 rings (SSSR count). The molecule has 16 heavy (non-hydrogen) atoms. The van der Waals surface area contributed by atoms with Crippen molar-refractivity contribution in [1.29, 1.82) is 0 Å². The van der Waals surface area contributed by atoms with Crippen molar-refractivity contribution >= 4 is 0 Å². The molecule has 1 aromatic rings. The van der Waals surface area contributed by atoms with Crippen LogP contribution in [-0.4, -0.2) is 34.7 Å². The number of H-pyrrole nitrogens is 1. The highest BCUT2D eigenvalue weighted by Gasteiger charge is 2.32. The van der Waals surface area contributed by atoms with Crippen molar-refractivity contribution in [1.82, 2.24) is 15.1 Å². The van der Waals surface area contributed by atoms with E-state index >= 15 is 0 Å². The predicted octanol–water partition coefficient (Wildman–Crippen LogP) is 1.07. The minimum Gasteiger partial charge on any atom is -0.330 e. The molecule has 1 saturated heterocycles. The maximum Gasteiger partial charge on any atom is 0.0538 e. The second kappa shape index (κ2) is 4.18. The zero-order chi connectivity index (χ0) is 11.0. The van der Waals surface area contributed by atoms with E-state index in [0.717, 1.165) is 13.0 Å². The number of nitrogens with one attached hydrogen (secondary N) is 1. The topological polar surface area (TPSA) is 57.9 Å². The molecule has 0 saturated carbocycles. The maximum absolute atomic E-state index is 5.84. The quantitative estimate of drug-likeness (QED) is 0.783. The molecule has 2 heterocycles. The molecule has 2 atom stereocenters. The van der Waals surface area contributed by atoms with Crippen LogP contribution < -0.4 is 5.73 Å². The van der Waals surface area contributed by atoms with E-state index in [-0.39, 0.29) is 0 Å². The summed E-state index contributed by atoms with van der Waals surface area (Å²) in [7, 11) is 0. The molecule has 4 nitrogen and oxygen atoms in total. The van der Waals surface area contributed by atoms with Crippen molar-refractivity contribution < 1.29 is 0 Å². The van der Waals surface area contributed by atoms with E-state index in [9.17, 15) is 0 Å². The fraction of sp³-hybridized carbons (Fsp3) is 0.750. The Labute approximate surface area is 96.2 Å². The van der Waals surface area contributed by atoms with Gasteiger partial charge in [0.2, 0.25) is 0 Å². The lowest BCUT2D eigenvalue weighted by Gasteiger charge is -2.34. The minimum atomic E-state index is 0.568. The normalized spacial score (nSPS) is 30.6. The summed E-state index contributed by atoms with van der Waals surface area (Å²) in [5.41, 5.74) is 8.58. The fourth-order valence-corrected chi connectivity index (χ4v) is 3.17. The number of likely N-dealkylation sites (tertiary alicyclic amines) is 1. The van der Waals surface area contributed by atoms with Crippen LogP contribution >= 0.6 is 0 Å². The second-order valence-electron chi connectivity index (χ2n) is 5.10. The second-order valence-corrected chi connectivity index (χ2v) is 5.10. The highest BCUT2D eigenvalue weighted by Crippen LogP contribution is 2.37. The third kappa shape index (κ3) is 1.66. The number of aromatic nitrogens is 2. The summed E-state index contributed by atoms with van der Waals surface area (Å²) < 4.78 is 0. The Balaban J connectivity index is 1.87. The first-order valence-corrected chi connectivity index (χ1v) is 6.34. The van der Waals surface area contributed by atoms with E-state index < -0.39 is 0 Å². The molecule has 88 valence electrons. The summed E-state index contributed by atoms with van der Waals surface area (Å²) in [6.07, 6.45) is 7.00. The van der Waals surface area contributed by atoms with Gasteiger partial charge in [-0.15, -0.1) is 0 Å². The minimum absolute atomic E-state index is 0.568. The summed E-state index contributed by atoms with van der Waals surface area (Å²) in [5.74, 6) is 0.624. The highest BCUT2D eigenvalue weighted by atomic mass is 15.2. The van der Waals surface area contributed by atoms with Crippen molar-refractivity contribution in [2.24, 2.45) is 11.7 Å². The summed E-state index contributed by atoms with van der Waals surface area (Å²) >= 11 is 0.